The van der Waals surface area contributed by atoms with Crippen LogP contribution in [0.25, 0.3) is 10.9 Å². The molecule has 19 heavy (non-hydrogen) atoms. The summed E-state index contributed by atoms with van der Waals surface area (Å²) in [7, 11) is 1.89. The van der Waals surface area contributed by atoms with Gasteiger partial charge in [-0.1, -0.05) is 32.0 Å². The minimum atomic E-state index is -0.824. The normalized spacial score (nSPS) is 13.1. The first-order valence-corrected chi connectivity index (χ1v) is 6.37. The molecule has 0 saturated carbocycles. The number of nitrogens with zero attached hydrogens (tertiary/aromatic N) is 2. The van der Waals surface area contributed by atoms with E-state index in [-0.39, 0.29) is 5.92 Å². The predicted molar refractivity (Wildman–Crippen MR) is 73.8 cm³/mol. The topological polar surface area (TPSA) is 67.2 Å². The van der Waals surface area contributed by atoms with E-state index in [2.05, 4.69) is 10.4 Å². The lowest BCUT2D eigenvalue weighted by Crippen LogP contribution is -2.40. The number of carboxylic acid groups (broad SMARTS) is 1. The van der Waals surface area contributed by atoms with Crippen molar-refractivity contribution in [3.8, 4) is 0 Å². The quantitative estimate of drug-likeness (QED) is 0.861. The van der Waals surface area contributed by atoms with Crippen molar-refractivity contribution in [3.63, 3.8) is 0 Å². The minimum Gasteiger partial charge on any atom is -0.480 e. The molecule has 5 heteroatoms. The van der Waals surface area contributed by atoms with Gasteiger partial charge in [-0.25, -0.2) is 0 Å². The molecule has 1 unspecified atom stereocenters. The van der Waals surface area contributed by atoms with Gasteiger partial charge in [0.25, 0.3) is 0 Å². The van der Waals surface area contributed by atoms with Crippen LogP contribution in [0.4, 0.5) is 0 Å². The third-order valence-corrected chi connectivity index (χ3v) is 3.26. The predicted octanol–water partition coefficient (Wildman–Crippen LogP) is 1.77. The molecule has 2 aromatic rings. The zero-order valence-corrected chi connectivity index (χ0v) is 11.4. The number of hydrogen-bond donors (Lipinski definition) is 2. The van der Waals surface area contributed by atoms with E-state index in [1.165, 1.54) is 0 Å². The van der Waals surface area contributed by atoms with Crippen molar-refractivity contribution < 1.29 is 9.90 Å². The second-order valence-corrected chi connectivity index (χ2v) is 5.03. The second-order valence-electron chi connectivity index (χ2n) is 5.03. The number of fused-ring (bicyclic) bond motifs is 1. The lowest BCUT2D eigenvalue weighted by Gasteiger charge is -2.17. The highest BCUT2D eigenvalue weighted by atomic mass is 16.4. The largest absolute Gasteiger partial charge is 0.480 e. The van der Waals surface area contributed by atoms with Gasteiger partial charge in [0.2, 0.25) is 0 Å². The summed E-state index contributed by atoms with van der Waals surface area (Å²) in [4.78, 5) is 11.1. The van der Waals surface area contributed by atoms with Crippen molar-refractivity contribution in [1.29, 1.82) is 0 Å². The Kier molecular flexibility index (Phi) is 3.85. The van der Waals surface area contributed by atoms with Crippen molar-refractivity contribution in [2.45, 2.75) is 26.4 Å². The third-order valence-electron chi connectivity index (χ3n) is 3.26. The molecule has 0 spiro atoms. The number of hydrogen-bond acceptors (Lipinski definition) is 3. The molecule has 0 fully saturated rings. The number of aliphatic carboxylic acids is 1. The lowest BCUT2D eigenvalue weighted by atomic mass is 10.0. The van der Waals surface area contributed by atoms with Crippen LogP contribution in [0.1, 0.15) is 19.5 Å². The minimum absolute atomic E-state index is 0.0347. The van der Waals surface area contributed by atoms with Crippen molar-refractivity contribution in [2.75, 3.05) is 0 Å². The van der Waals surface area contributed by atoms with Gasteiger partial charge in [-0.15, -0.1) is 0 Å². The fraction of sp³-hybridized carbons (Fsp3) is 0.429. The molecule has 2 N–H and O–H groups in total. The molecule has 5 nitrogen and oxygen atoms in total. The summed E-state index contributed by atoms with van der Waals surface area (Å²) in [6.07, 6.45) is 0. The van der Waals surface area contributed by atoms with Crippen LogP contribution in [-0.2, 0) is 18.4 Å². The Morgan fingerprint density at radius 3 is 2.74 bits per heavy atom. The molecule has 1 heterocycles. The molecule has 1 aromatic heterocycles. The van der Waals surface area contributed by atoms with Crippen LogP contribution in [-0.4, -0.2) is 26.9 Å². The van der Waals surface area contributed by atoms with E-state index >= 15 is 0 Å². The van der Waals surface area contributed by atoms with E-state index in [0.717, 1.165) is 16.6 Å². The first-order chi connectivity index (χ1) is 9.00. The van der Waals surface area contributed by atoms with Gasteiger partial charge in [-0.05, 0) is 12.0 Å². The van der Waals surface area contributed by atoms with Crippen LogP contribution >= 0.6 is 0 Å². The molecule has 0 radical (unpaired) electrons. The Labute approximate surface area is 112 Å². The molecule has 0 saturated heterocycles. The van der Waals surface area contributed by atoms with Crippen LogP contribution in [0.3, 0.4) is 0 Å². The van der Waals surface area contributed by atoms with Crippen LogP contribution in [0.2, 0.25) is 0 Å². The summed E-state index contributed by atoms with van der Waals surface area (Å²) < 4.78 is 1.82. The van der Waals surface area contributed by atoms with Crippen LogP contribution < -0.4 is 5.32 Å². The third kappa shape index (κ3) is 2.76. The number of carbonyl (C=O) groups is 1. The van der Waals surface area contributed by atoms with E-state index in [9.17, 15) is 4.79 Å². The maximum atomic E-state index is 11.1. The number of rotatable bonds is 5. The molecule has 0 aliphatic rings. The van der Waals surface area contributed by atoms with Gasteiger partial charge in [-0.3, -0.25) is 14.8 Å². The van der Waals surface area contributed by atoms with E-state index in [1.54, 1.807) is 0 Å². The molecular weight excluding hydrogens is 242 g/mol. The Bertz CT molecular complexity index is 589. The zero-order chi connectivity index (χ0) is 14.0. The lowest BCUT2D eigenvalue weighted by molar-refractivity contribution is -0.140. The summed E-state index contributed by atoms with van der Waals surface area (Å²) in [6, 6.07) is 7.38. The molecule has 0 amide bonds. The Hall–Kier alpha value is -1.88. The SMILES string of the molecule is CC(C)C(NCc1nn(C)c2ccccc12)C(=O)O. The summed E-state index contributed by atoms with van der Waals surface area (Å²) in [5, 5.41) is 17.7. The van der Waals surface area contributed by atoms with E-state index < -0.39 is 12.0 Å². The summed E-state index contributed by atoms with van der Waals surface area (Å²) >= 11 is 0. The molecule has 102 valence electrons. The second kappa shape index (κ2) is 5.40. The van der Waals surface area contributed by atoms with Gasteiger partial charge in [0.1, 0.15) is 6.04 Å². The van der Waals surface area contributed by atoms with Gasteiger partial charge < -0.3 is 5.11 Å². The number of aryl methyl sites for hydroxylation is 1. The maximum absolute atomic E-state index is 11.1. The van der Waals surface area contributed by atoms with Gasteiger partial charge in [-0.2, -0.15) is 5.10 Å². The zero-order valence-electron chi connectivity index (χ0n) is 11.4. The smallest absolute Gasteiger partial charge is 0.320 e. The number of benzene rings is 1. The van der Waals surface area contributed by atoms with E-state index in [4.69, 9.17) is 5.11 Å². The standard InChI is InChI=1S/C14H19N3O2/c1-9(2)13(14(18)19)15-8-11-10-6-4-5-7-12(10)17(3)16-11/h4-7,9,13,15H,8H2,1-3H3,(H,18,19). The van der Waals surface area contributed by atoms with E-state index in [0.29, 0.717) is 6.54 Å². The van der Waals surface area contributed by atoms with Crippen molar-refractivity contribution >= 4 is 16.9 Å². The highest BCUT2D eigenvalue weighted by Gasteiger charge is 2.21. The highest BCUT2D eigenvalue weighted by Crippen LogP contribution is 2.17. The van der Waals surface area contributed by atoms with Crippen LogP contribution in [0, 0.1) is 5.92 Å². The van der Waals surface area contributed by atoms with E-state index in [1.807, 2.05) is 49.8 Å². The monoisotopic (exact) mass is 261 g/mol. The molecule has 1 aromatic carbocycles. The Balaban J connectivity index is 2.20. The summed E-state index contributed by atoms with van der Waals surface area (Å²) in [6.45, 7) is 4.24. The average Bonchev–Trinajstić information content (AvgIpc) is 2.67. The molecule has 0 aliphatic heterocycles. The number of aromatic nitrogens is 2. The average molecular weight is 261 g/mol. The maximum Gasteiger partial charge on any atom is 0.320 e. The highest BCUT2D eigenvalue weighted by molar-refractivity contribution is 5.82. The molecule has 2 rings (SSSR count). The summed E-state index contributed by atoms with van der Waals surface area (Å²) in [5.74, 6) is -0.789. The molecule has 0 aliphatic carbocycles. The van der Waals surface area contributed by atoms with Gasteiger partial charge in [0.05, 0.1) is 11.2 Å². The van der Waals surface area contributed by atoms with Crippen molar-refractivity contribution in [2.24, 2.45) is 13.0 Å². The van der Waals surface area contributed by atoms with Crippen molar-refractivity contribution in [1.82, 2.24) is 15.1 Å². The fourth-order valence-electron chi connectivity index (χ4n) is 2.23. The van der Waals surface area contributed by atoms with Gasteiger partial charge >= 0.3 is 5.97 Å². The Morgan fingerprint density at radius 1 is 1.42 bits per heavy atom. The number of para-hydroxylation sites is 1. The van der Waals surface area contributed by atoms with Crippen molar-refractivity contribution in [3.05, 3.63) is 30.0 Å². The first kappa shape index (κ1) is 13.5. The van der Waals surface area contributed by atoms with Gasteiger partial charge in [0, 0.05) is 19.0 Å². The Morgan fingerprint density at radius 2 is 2.11 bits per heavy atom. The molecule has 1 atom stereocenters. The number of carboxylic acids is 1. The number of nitrogens with one attached hydrogen (secondary N) is 1. The summed E-state index contributed by atoms with van der Waals surface area (Å²) in [5.41, 5.74) is 1.93. The molecule has 0 bridgehead atoms. The molecular formula is C14H19N3O2. The fourth-order valence-corrected chi connectivity index (χ4v) is 2.23. The van der Waals surface area contributed by atoms with Crippen LogP contribution in [0.5, 0.6) is 0 Å². The first-order valence-electron chi connectivity index (χ1n) is 6.37. The van der Waals surface area contributed by atoms with Crippen LogP contribution in [0.15, 0.2) is 24.3 Å². The van der Waals surface area contributed by atoms with Gasteiger partial charge in [0.15, 0.2) is 0 Å².